The molecule has 1 aromatic rings. The van der Waals surface area contributed by atoms with Crippen molar-refractivity contribution in [2.45, 2.75) is 6.61 Å². The number of rotatable bonds is 4. The van der Waals surface area contributed by atoms with E-state index in [0.29, 0.717) is 0 Å². The van der Waals surface area contributed by atoms with Crippen molar-refractivity contribution in [2.75, 3.05) is 7.11 Å². The van der Waals surface area contributed by atoms with Gasteiger partial charge in [-0.15, -0.1) is 0 Å². The summed E-state index contributed by atoms with van der Waals surface area (Å²) in [5, 5.41) is 0. The summed E-state index contributed by atoms with van der Waals surface area (Å²) < 4.78 is 32.4. The van der Waals surface area contributed by atoms with Gasteiger partial charge in [0.15, 0.2) is 0 Å². The highest BCUT2D eigenvalue weighted by molar-refractivity contribution is 5.49. The zero-order chi connectivity index (χ0) is 10.4. The van der Waals surface area contributed by atoms with Crippen molar-refractivity contribution in [2.24, 2.45) is 0 Å². The molecule has 0 unspecified atom stereocenters. The second-order valence-electron chi connectivity index (χ2n) is 2.49. The molecule has 76 valence electrons. The molecule has 0 radical (unpaired) electrons. The third-order valence-corrected chi connectivity index (χ3v) is 1.50. The molecule has 0 fully saturated rings. The summed E-state index contributed by atoms with van der Waals surface area (Å²) in [4.78, 5) is 0. The maximum atomic E-state index is 11.8. The zero-order valence-electron chi connectivity index (χ0n) is 7.61. The first-order valence-corrected chi connectivity index (χ1v) is 3.96. The third kappa shape index (κ3) is 3.43. The van der Waals surface area contributed by atoms with E-state index >= 15 is 0 Å². The van der Waals surface area contributed by atoms with E-state index in [9.17, 15) is 8.78 Å². The summed E-state index contributed by atoms with van der Waals surface area (Å²) in [6.45, 7) is -2.78. The first kappa shape index (κ1) is 10.5. The molecule has 0 amide bonds. The number of ether oxygens (including phenoxy) is 2. The molecule has 0 bridgehead atoms. The minimum Gasteiger partial charge on any atom is -0.504 e. The van der Waals surface area contributed by atoms with Gasteiger partial charge in [-0.25, -0.2) is 0 Å². The van der Waals surface area contributed by atoms with Crippen molar-refractivity contribution in [1.82, 2.24) is 0 Å². The molecule has 14 heavy (non-hydrogen) atoms. The van der Waals surface area contributed by atoms with E-state index in [1.807, 2.05) is 0 Å². The van der Waals surface area contributed by atoms with E-state index in [4.69, 9.17) is 4.74 Å². The number of halogens is 2. The fourth-order valence-electron chi connectivity index (χ4n) is 0.907. The van der Waals surface area contributed by atoms with Gasteiger partial charge in [0.2, 0.25) is 0 Å². The lowest BCUT2D eigenvalue weighted by Gasteiger charge is -2.03. The monoisotopic (exact) mass is 200 g/mol. The highest BCUT2D eigenvalue weighted by atomic mass is 19.3. The fraction of sp³-hybridized carbons (Fsp3) is 0.200. The molecule has 0 saturated heterocycles. The average Bonchev–Trinajstić information content (AvgIpc) is 2.16. The van der Waals surface area contributed by atoms with Gasteiger partial charge in [-0.3, -0.25) is 0 Å². The first-order valence-electron chi connectivity index (χ1n) is 3.96. The van der Waals surface area contributed by atoms with Crippen LogP contribution in [-0.2, 0) is 4.74 Å². The van der Waals surface area contributed by atoms with Gasteiger partial charge in [0.25, 0.3) is 0 Å². The molecule has 0 aliphatic carbocycles. The lowest BCUT2D eigenvalue weighted by molar-refractivity contribution is -0.0498. The van der Waals surface area contributed by atoms with Crippen molar-refractivity contribution in [3.8, 4) is 5.75 Å². The largest absolute Gasteiger partial charge is 0.504 e. The standard InChI is InChI=1S/C10H10F2O2/c1-13-7-6-8-2-4-9(5-3-8)14-10(11)12/h2-7,10H,1H3. The quantitative estimate of drug-likeness (QED) is 0.696. The van der Waals surface area contributed by atoms with Crippen molar-refractivity contribution in [1.29, 1.82) is 0 Å². The summed E-state index contributed by atoms with van der Waals surface area (Å²) >= 11 is 0. The number of hydrogen-bond acceptors (Lipinski definition) is 2. The molecular weight excluding hydrogens is 190 g/mol. The van der Waals surface area contributed by atoms with Gasteiger partial charge in [-0.05, 0) is 23.8 Å². The molecule has 4 heteroatoms. The molecule has 0 atom stereocenters. The molecule has 1 aromatic carbocycles. The van der Waals surface area contributed by atoms with Crippen molar-refractivity contribution < 1.29 is 18.3 Å². The van der Waals surface area contributed by atoms with Crippen molar-refractivity contribution >= 4 is 6.08 Å². The average molecular weight is 200 g/mol. The van der Waals surface area contributed by atoms with E-state index in [0.717, 1.165) is 5.56 Å². The van der Waals surface area contributed by atoms with Crippen LogP contribution in [0.1, 0.15) is 5.56 Å². The van der Waals surface area contributed by atoms with Gasteiger partial charge in [-0.2, -0.15) is 8.78 Å². The number of alkyl halides is 2. The summed E-state index contributed by atoms with van der Waals surface area (Å²) in [6, 6.07) is 6.27. The summed E-state index contributed by atoms with van der Waals surface area (Å²) in [5.74, 6) is 0.148. The van der Waals surface area contributed by atoms with E-state index < -0.39 is 6.61 Å². The summed E-state index contributed by atoms with van der Waals surface area (Å²) in [5.41, 5.74) is 0.855. The molecule has 2 nitrogen and oxygen atoms in total. The Morgan fingerprint density at radius 2 is 1.86 bits per heavy atom. The Hall–Kier alpha value is -1.58. The predicted molar refractivity (Wildman–Crippen MR) is 49.1 cm³/mol. The first-order chi connectivity index (χ1) is 6.72. The van der Waals surface area contributed by atoms with Gasteiger partial charge in [0, 0.05) is 0 Å². The lowest BCUT2D eigenvalue weighted by Crippen LogP contribution is -2.01. The van der Waals surface area contributed by atoms with E-state index in [1.54, 1.807) is 18.2 Å². The smallest absolute Gasteiger partial charge is 0.387 e. The molecule has 0 heterocycles. The van der Waals surface area contributed by atoms with E-state index in [-0.39, 0.29) is 5.75 Å². The fourth-order valence-corrected chi connectivity index (χ4v) is 0.907. The van der Waals surface area contributed by atoms with Crippen LogP contribution in [-0.4, -0.2) is 13.7 Å². The number of benzene rings is 1. The Morgan fingerprint density at radius 3 is 2.36 bits per heavy atom. The van der Waals surface area contributed by atoms with Crippen molar-refractivity contribution in [3.05, 3.63) is 36.1 Å². The van der Waals surface area contributed by atoms with Crippen LogP contribution in [0.25, 0.3) is 6.08 Å². The Balaban J connectivity index is 2.64. The van der Waals surface area contributed by atoms with Crippen LogP contribution < -0.4 is 4.74 Å². The third-order valence-electron chi connectivity index (χ3n) is 1.50. The minimum absolute atomic E-state index is 0.148. The molecular formula is C10H10F2O2. The topological polar surface area (TPSA) is 18.5 Å². The SMILES string of the molecule is COC=Cc1ccc(OC(F)F)cc1. The molecule has 0 N–H and O–H groups in total. The normalized spacial score (nSPS) is 10.9. The second kappa shape index (κ2) is 5.21. The number of methoxy groups -OCH3 is 1. The Kier molecular flexibility index (Phi) is 3.91. The molecule has 0 aromatic heterocycles. The molecule has 1 rings (SSSR count). The van der Waals surface area contributed by atoms with Gasteiger partial charge in [-0.1, -0.05) is 12.1 Å². The Morgan fingerprint density at radius 1 is 1.21 bits per heavy atom. The molecule has 0 spiro atoms. The van der Waals surface area contributed by atoms with Gasteiger partial charge in [0.1, 0.15) is 5.75 Å². The maximum absolute atomic E-state index is 11.8. The molecule has 0 aliphatic rings. The van der Waals surface area contributed by atoms with Crippen LogP contribution >= 0.6 is 0 Å². The van der Waals surface area contributed by atoms with E-state index in [1.165, 1.54) is 25.5 Å². The number of hydrogen-bond donors (Lipinski definition) is 0. The van der Waals surface area contributed by atoms with Crippen LogP contribution in [0, 0.1) is 0 Å². The van der Waals surface area contributed by atoms with Crippen molar-refractivity contribution in [3.63, 3.8) is 0 Å². The second-order valence-corrected chi connectivity index (χ2v) is 2.49. The lowest BCUT2D eigenvalue weighted by atomic mass is 10.2. The van der Waals surface area contributed by atoms with Crippen LogP contribution in [0.3, 0.4) is 0 Å². The molecule has 0 saturated carbocycles. The van der Waals surface area contributed by atoms with Gasteiger partial charge in [0.05, 0.1) is 13.4 Å². The zero-order valence-corrected chi connectivity index (χ0v) is 7.61. The van der Waals surface area contributed by atoms with E-state index in [2.05, 4.69) is 4.74 Å². The van der Waals surface area contributed by atoms with Crippen LogP contribution in [0.2, 0.25) is 0 Å². The molecule has 0 aliphatic heterocycles. The Bertz CT molecular complexity index is 293. The summed E-state index contributed by atoms with van der Waals surface area (Å²) in [6.07, 6.45) is 3.22. The van der Waals surface area contributed by atoms with Crippen LogP contribution in [0.5, 0.6) is 5.75 Å². The Labute approximate surface area is 80.8 Å². The predicted octanol–water partition coefficient (Wildman–Crippen LogP) is 2.91. The minimum atomic E-state index is -2.78. The highest BCUT2D eigenvalue weighted by Gasteiger charge is 2.02. The van der Waals surface area contributed by atoms with Crippen LogP contribution in [0.15, 0.2) is 30.5 Å². The van der Waals surface area contributed by atoms with Gasteiger partial charge < -0.3 is 9.47 Å². The van der Waals surface area contributed by atoms with Crippen LogP contribution in [0.4, 0.5) is 8.78 Å². The summed E-state index contributed by atoms with van der Waals surface area (Å²) in [7, 11) is 1.53. The highest BCUT2D eigenvalue weighted by Crippen LogP contribution is 2.15. The van der Waals surface area contributed by atoms with Gasteiger partial charge >= 0.3 is 6.61 Å². The maximum Gasteiger partial charge on any atom is 0.387 e.